The average molecular weight is 330 g/mol. The third kappa shape index (κ3) is 3.09. The number of para-hydroxylation sites is 1. The molecule has 1 aromatic carbocycles. The molecule has 0 fully saturated rings. The van der Waals surface area contributed by atoms with Crippen LogP contribution in [-0.4, -0.2) is 24.7 Å². The van der Waals surface area contributed by atoms with Gasteiger partial charge in [-0.15, -0.1) is 0 Å². The van der Waals surface area contributed by atoms with Crippen LogP contribution in [0.4, 0.5) is 10.1 Å². The third-order valence-electron chi connectivity index (χ3n) is 2.81. The van der Waals surface area contributed by atoms with Crippen LogP contribution in [0.2, 0.25) is 0 Å². The number of halogens is 1. The van der Waals surface area contributed by atoms with E-state index in [1.165, 1.54) is 18.4 Å². The SMILES string of the molecule is CN(Cc1ccsc1)S(=O)(=O)c1cccc(F)c1[N+](=O)[O-]. The van der Waals surface area contributed by atoms with Gasteiger partial charge in [-0.3, -0.25) is 10.1 Å². The average Bonchev–Trinajstić information content (AvgIpc) is 2.90. The van der Waals surface area contributed by atoms with Crippen molar-refractivity contribution in [3.8, 4) is 0 Å². The highest BCUT2D eigenvalue weighted by Gasteiger charge is 2.32. The Kier molecular flexibility index (Phi) is 4.35. The molecule has 2 aromatic rings. The minimum Gasteiger partial charge on any atom is -0.258 e. The minimum absolute atomic E-state index is 0.0551. The second-order valence-electron chi connectivity index (χ2n) is 4.24. The molecule has 0 saturated heterocycles. The fourth-order valence-electron chi connectivity index (χ4n) is 1.77. The Morgan fingerprint density at radius 2 is 2.10 bits per heavy atom. The molecule has 0 aliphatic heterocycles. The van der Waals surface area contributed by atoms with Crippen molar-refractivity contribution in [1.29, 1.82) is 0 Å². The molecule has 21 heavy (non-hydrogen) atoms. The van der Waals surface area contributed by atoms with Crippen molar-refractivity contribution in [3.63, 3.8) is 0 Å². The van der Waals surface area contributed by atoms with Crippen LogP contribution in [0.25, 0.3) is 0 Å². The van der Waals surface area contributed by atoms with E-state index in [0.29, 0.717) is 0 Å². The van der Waals surface area contributed by atoms with E-state index in [0.717, 1.165) is 28.1 Å². The Morgan fingerprint density at radius 1 is 1.38 bits per heavy atom. The summed E-state index contributed by atoms with van der Waals surface area (Å²) in [6.45, 7) is 0.0551. The molecule has 0 radical (unpaired) electrons. The number of rotatable bonds is 5. The first-order valence-corrected chi connectivity index (χ1v) is 8.12. The second kappa shape index (κ2) is 5.88. The summed E-state index contributed by atoms with van der Waals surface area (Å²) in [6.07, 6.45) is 0. The van der Waals surface area contributed by atoms with Crippen LogP contribution >= 0.6 is 11.3 Å². The van der Waals surface area contributed by atoms with Crippen molar-refractivity contribution in [2.45, 2.75) is 11.4 Å². The number of nitro benzene ring substituents is 1. The summed E-state index contributed by atoms with van der Waals surface area (Å²) >= 11 is 1.41. The maximum atomic E-state index is 13.5. The number of nitrogens with zero attached hydrogens (tertiary/aromatic N) is 2. The number of hydrogen-bond acceptors (Lipinski definition) is 5. The lowest BCUT2D eigenvalue weighted by Gasteiger charge is -2.16. The van der Waals surface area contributed by atoms with Gasteiger partial charge in [-0.2, -0.15) is 20.0 Å². The van der Waals surface area contributed by atoms with Crippen molar-refractivity contribution in [3.05, 3.63) is 56.5 Å². The molecule has 0 N–H and O–H groups in total. The van der Waals surface area contributed by atoms with E-state index >= 15 is 0 Å². The van der Waals surface area contributed by atoms with Crippen LogP contribution in [0.5, 0.6) is 0 Å². The third-order valence-corrected chi connectivity index (χ3v) is 5.37. The summed E-state index contributed by atoms with van der Waals surface area (Å²) in [4.78, 5) is 9.24. The summed E-state index contributed by atoms with van der Waals surface area (Å²) in [5.74, 6) is -1.18. The predicted molar refractivity (Wildman–Crippen MR) is 76.0 cm³/mol. The van der Waals surface area contributed by atoms with Gasteiger partial charge in [0.25, 0.3) is 0 Å². The lowest BCUT2D eigenvalue weighted by atomic mass is 10.3. The molecule has 0 unspecified atom stereocenters. The number of hydrogen-bond donors (Lipinski definition) is 0. The van der Waals surface area contributed by atoms with Crippen molar-refractivity contribution in [2.24, 2.45) is 0 Å². The summed E-state index contributed by atoms with van der Waals surface area (Å²) in [6, 6.07) is 4.76. The maximum Gasteiger partial charge on any atom is 0.324 e. The molecule has 0 aliphatic rings. The summed E-state index contributed by atoms with van der Waals surface area (Å²) in [7, 11) is -2.86. The second-order valence-corrected chi connectivity index (χ2v) is 7.03. The first kappa shape index (κ1) is 15.5. The Hall–Kier alpha value is -1.84. The molecular weight excluding hydrogens is 319 g/mol. The van der Waals surface area contributed by atoms with Gasteiger partial charge < -0.3 is 0 Å². The first-order chi connectivity index (χ1) is 9.84. The van der Waals surface area contributed by atoms with Crippen molar-refractivity contribution >= 4 is 27.0 Å². The van der Waals surface area contributed by atoms with E-state index in [-0.39, 0.29) is 6.54 Å². The molecular formula is C12H11FN2O4S2. The van der Waals surface area contributed by atoms with Crippen LogP contribution < -0.4 is 0 Å². The maximum absolute atomic E-state index is 13.5. The molecule has 0 spiro atoms. The fraction of sp³-hybridized carbons (Fsp3) is 0.167. The van der Waals surface area contributed by atoms with E-state index < -0.39 is 31.3 Å². The van der Waals surface area contributed by atoms with Crippen LogP contribution in [0, 0.1) is 15.9 Å². The van der Waals surface area contributed by atoms with Gasteiger partial charge in [-0.25, -0.2) is 8.42 Å². The number of thiophene rings is 1. The van der Waals surface area contributed by atoms with Crippen LogP contribution in [0.3, 0.4) is 0 Å². The molecule has 0 atom stereocenters. The molecule has 0 amide bonds. The number of sulfonamides is 1. The van der Waals surface area contributed by atoms with Gasteiger partial charge in [0, 0.05) is 13.6 Å². The zero-order valence-electron chi connectivity index (χ0n) is 10.9. The van der Waals surface area contributed by atoms with E-state index in [2.05, 4.69) is 0 Å². The smallest absolute Gasteiger partial charge is 0.258 e. The van der Waals surface area contributed by atoms with E-state index in [1.54, 1.807) is 16.8 Å². The predicted octanol–water partition coefficient (Wildman–Crippen LogP) is 2.62. The van der Waals surface area contributed by atoms with Crippen LogP contribution in [0.15, 0.2) is 39.9 Å². The highest BCUT2D eigenvalue weighted by Crippen LogP contribution is 2.29. The van der Waals surface area contributed by atoms with Crippen molar-refractivity contribution < 1.29 is 17.7 Å². The van der Waals surface area contributed by atoms with Gasteiger partial charge in [0.1, 0.15) is 0 Å². The Balaban J connectivity index is 2.44. The molecule has 6 nitrogen and oxygen atoms in total. The quantitative estimate of drug-likeness (QED) is 0.623. The normalized spacial score (nSPS) is 11.8. The van der Waals surface area contributed by atoms with Gasteiger partial charge in [0.2, 0.25) is 15.8 Å². The number of nitro groups is 1. The summed E-state index contributed by atoms with van der Waals surface area (Å²) < 4.78 is 39.3. The highest BCUT2D eigenvalue weighted by molar-refractivity contribution is 7.89. The molecule has 1 aromatic heterocycles. The lowest BCUT2D eigenvalue weighted by Crippen LogP contribution is -2.27. The Bertz CT molecular complexity index is 760. The molecule has 0 aliphatic carbocycles. The van der Waals surface area contributed by atoms with E-state index in [4.69, 9.17) is 0 Å². The van der Waals surface area contributed by atoms with E-state index in [9.17, 15) is 22.9 Å². The molecule has 9 heteroatoms. The minimum atomic E-state index is -4.16. The largest absolute Gasteiger partial charge is 0.324 e. The Morgan fingerprint density at radius 3 is 2.67 bits per heavy atom. The standard InChI is InChI=1S/C12H11FN2O4S2/c1-14(7-9-5-6-20-8-9)21(18,19)11-4-2-3-10(13)12(11)15(16)17/h2-6,8H,7H2,1H3. The molecule has 1 heterocycles. The summed E-state index contributed by atoms with van der Waals surface area (Å²) in [5.41, 5.74) is -0.278. The van der Waals surface area contributed by atoms with E-state index in [1.807, 2.05) is 0 Å². The molecule has 0 saturated carbocycles. The summed E-state index contributed by atoms with van der Waals surface area (Å²) in [5, 5.41) is 14.5. The first-order valence-electron chi connectivity index (χ1n) is 5.74. The van der Waals surface area contributed by atoms with Crippen molar-refractivity contribution in [2.75, 3.05) is 7.05 Å². The van der Waals surface area contributed by atoms with Crippen LogP contribution in [-0.2, 0) is 16.6 Å². The molecule has 2 rings (SSSR count). The van der Waals surface area contributed by atoms with Gasteiger partial charge in [-0.05, 0) is 34.5 Å². The van der Waals surface area contributed by atoms with Gasteiger partial charge in [-0.1, -0.05) is 6.07 Å². The van der Waals surface area contributed by atoms with Crippen molar-refractivity contribution in [1.82, 2.24) is 4.31 Å². The molecule has 112 valence electrons. The Labute approximate surface area is 124 Å². The fourth-order valence-corrected chi connectivity index (χ4v) is 3.76. The lowest BCUT2D eigenvalue weighted by molar-refractivity contribution is -0.390. The van der Waals surface area contributed by atoms with Gasteiger partial charge in [0.05, 0.1) is 4.92 Å². The zero-order chi connectivity index (χ0) is 15.6. The topological polar surface area (TPSA) is 80.5 Å². The number of benzene rings is 1. The van der Waals surface area contributed by atoms with Gasteiger partial charge >= 0.3 is 5.69 Å². The highest BCUT2D eigenvalue weighted by atomic mass is 32.2. The monoisotopic (exact) mass is 330 g/mol. The van der Waals surface area contributed by atoms with Crippen LogP contribution in [0.1, 0.15) is 5.56 Å². The van der Waals surface area contributed by atoms with Gasteiger partial charge in [0.15, 0.2) is 4.90 Å². The zero-order valence-corrected chi connectivity index (χ0v) is 12.5. The molecule has 0 bridgehead atoms.